The monoisotopic (exact) mass is 158 g/mol. The maximum atomic E-state index is 11.0. The number of aldehydes is 1. The molecule has 0 amide bonds. The summed E-state index contributed by atoms with van der Waals surface area (Å²) in [6.07, 6.45) is 0.359. The number of Topliss-reactive ketones (excluding diaryl/α,β-unsaturated/α-hetero) is 1. The molecule has 0 aromatic heterocycles. The zero-order valence-corrected chi connectivity index (χ0v) is 7.39. The van der Waals surface area contributed by atoms with E-state index in [-0.39, 0.29) is 17.6 Å². The first-order valence-electron chi connectivity index (χ1n) is 4.51. The molecule has 2 unspecified atom stereocenters. The first-order valence-corrected chi connectivity index (χ1v) is 4.01. The van der Waals surface area contributed by atoms with Crippen LogP contribution in [-0.4, -0.2) is 12.0 Å². The van der Waals surface area contributed by atoms with Crippen molar-refractivity contribution in [3.63, 3.8) is 0 Å². The SMILES string of the molecule is [3H]C(=O)C(C)C(C)CC(=O)CC. The fourth-order valence-corrected chi connectivity index (χ4v) is 0.796. The van der Waals surface area contributed by atoms with E-state index >= 15 is 0 Å². The summed E-state index contributed by atoms with van der Waals surface area (Å²) in [5.41, 5.74) is 0. The molecule has 11 heavy (non-hydrogen) atoms. The molecule has 0 saturated heterocycles. The Bertz CT molecular complexity index is 177. The van der Waals surface area contributed by atoms with Gasteiger partial charge in [0.1, 0.15) is 13.4 Å². The molecular weight excluding hydrogens is 140 g/mol. The quantitative estimate of drug-likeness (QED) is 0.572. The number of hydrogen-bond donors (Lipinski definition) is 0. The highest BCUT2D eigenvalue weighted by Gasteiger charge is 2.13. The lowest BCUT2D eigenvalue weighted by Gasteiger charge is -2.11. The summed E-state index contributed by atoms with van der Waals surface area (Å²) in [7, 11) is 0. The Morgan fingerprint density at radius 2 is 2.18 bits per heavy atom. The minimum Gasteiger partial charge on any atom is -0.303 e. The second-order valence-corrected chi connectivity index (χ2v) is 2.98. The third-order valence-corrected chi connectivity index (χ3v) is 1.98. The van der Waals surface area contributed by atoms with Gasteiger partial charge in [0.15, 0.2) is 0 Å². The van der Waals surface area contributed by atoms with E-state index < -0.39 is 6.26 Å². The maximum Gasteiger partial charge on any atom is 0.132 e. The van der Waals surface area contributed by atoms with Gasteiger partial charge in [-0.25, -0.2) is 0 Å². The Morgan fingerprint density at radius 3 is 2.55 bits per heavy atom. The molecule has 0 aromatic carbocycles. The highest BCUT2D eigenvalue weighted by molar-refractivity contribution is 5.78. The van der Waals surface area contributed by atoms with Gasteiger partial charge in [0.25, 0.3) is 0 Å². The lowest BCUT2D eigenvalue weighted by atomic mass is 9.92. The van der Waals surface area contributed by atoms with Crippen molar-refractivity contribution in [2.24, 2.45) is 11.8 Å². The van der Waals surface area contributed by atoms with Crippen LogP contribution in [0.4, 0.5) is 0 Å². The van der Waals surface area contributed by atoms with Gasteiger partial charge in [-0.05, 0) is 5.92 Å². The van der Waals surface area contributed by atoms with E-state index in [2.05, 4.69) is 0 Å². The average Bonchev–Trinajstić information content (AvgIpc) is 2.02. The van der Waals surface area contributed by atoms with Gasteiger partial charge in [0.2, 0.25) is 0 Å². The summed E-state index contributed by atoms with van der Waals surface area (Å²) in [6, 6.07) is 0. The van der Waals surface area contributed by atoms with Crippen molar-refractivity contribution in [2.45, 2.75) is 33.6 Å². The Hall–Kier alpha value is -0.660. The fourth-order valence-electron chi connectivity index (χ4n) is 0.796. The van der Waals surface area contributed by atoms with Gasteiger partial charge in [-0.3, -0.25) is 4.79 Å². The number of ketones is 1. The first-order chi connectivity index (χ1) is 5.49. The van der Waals surface area contributed by atoms with E-state index in [1.165, 1.54) is 0 Å². The van der Waals surface area contributed by atoms with E-state index in [9.17, 15) is 9.59 Å². The molecular formula is C9H16O2. The minimum absolute atomic E-state index is 0.00227. The third kappa shape index (κ3) is 3.91. The van der Waals surface area contributed by atoms with Crippen LogP contribution in [0.25, 0.3) is 0 Å². The van der Waals surface area contributed by atoms with Crippen LogP contribution in [-0.2, 0) is 9.59 Å². The second kappa shape index (κ2) is 5.05. The summed E-state index contributed by atoms with van der Waals surface area (Å²) >= 11 is 0. The highest BCUT2D eigenvalue weighted by atomic mass is 16.1. The van der Waals surface area contributed by atoms with Crippen LogP contribution in [0, 0.1) is 11.8 Å². The van der Waals surface area contributed by atoms with E-state index in [0.717, 1.165) is 0 Å². The molecule has 2 heteroatoms. The molecule has 0 heterocycles. The van der Waals surface area contributed by atoms with Crippen LogP contribution in [0.5, 0.6) is 0 Å². The van der Waals surface area contributed by atoms with Gasteiger partial charge in [-0.15, -0.1) is 0 Å². The smallest absolute Gasteiger partial charge is 0.132 e. The molecule has 0 saturated carbocycles. The number of rotatable bonds is 5. The molecule has 0 N–H and O–H groups in total. The fraction of sp³-hybridized carbons (Fsp3) is 0.778. The van der Waals surface area contributed by atoms with E-state index in [1.54, 1.807) is 6.92 Å². The van der Waals surface area contributed by atoms with Crippen molar-refractivity contribution in [2.75, 3.05) is 0 Å². The third-order valence-electron chi connectivity index (χ3n) is 1.98. The molecule has 0 aliphatic carbocycles. The predicted molar refractivity (Wildman–Crippen MR) is 44.3 cm³/mol. The van der Waals surface area contributed by atoms with Crippen LogP contribution in [0.2, 0.25) is 0 Å². The summed E-state index contributed by atoms with van der Waals surface area (Å²) in [5.74, 6) is -0.154. The number of hydrogen-bond acceptors (Lipinski definition) is 2. The molecule has 0 bridgehead atoms. The van der Waals surface area contributed by atoms with E-state index in [4.69, 9.17) is 1.37 Å². The molecule has 0 spiro atoms. The lowest BCUT2D eigenvalue weighted by molar-refractivity contribution is -0.120. The molecule has 0 aromatic rings. The van der Waals surface area contributed by atoms with Crippen molar-refractivity contribution in [3.8, 4) is 0 Å². The van der Waals surface area contributed by atoms with Gasteiger partial charge in [0.05, 0.1) is 0 Å². The van der Waals surface area contributed by atoms with Crippen molar-refractivity contribution in [1.82, 2.24) is 0 Å². The summed E-state index contributed by atoms with van der Waals surface area (Å²) in [6.45, 7) is 5.34. The van der Waals surface area contributed by atoms with Gasteiger partial charge in [0, 0.05) is 18.8 Å². The van der Waals surface area contributed by atoms with Gasteiger partial charge < -0.3 is 4.79 Å². The van der Waals surface area contributed by atoms with Crippen LogP contribution in [0.3, 0.4) is 0 Å². The highest BCUT2D eigenvalue weighted by Crippen LogP contribution is 2.13. The summed E-state index contributed by atoms with van der Waals surface area (Å²) in [4.78, 5) is 21.6. The van der Waals surface area contributed by atoms with Crippen LogP contribution in [0.15, 0.2) is 0 Å². The van der Waals surface area contributed by atoms with Crippen LogP contribution in [0.1, 0.15) is 35.0 Å². The average molecular weight is 158 g/mol. The van der Waals surface area contributed by atoms with Gasteiger partial charge >= 0.3 is 0 Å². The largest absolute Gasteiger partial charge is 0.303 e. The topological polar surface area (TPSA) is 34.1 Å². The maximum absolute atomic E-state index is 11.0. The van der Waals surface area contributed by atoms with Crippen LogP contribution >= 0.6 is 0 Å². The lowest BCUT2D eigenvalue weighted by Crippen LogP contribution is -2.13. The molecule has 2 atom stereocenters. The normalized spacial score (nSPS) is 16.8. The number of carbonyl (C=O) groups is 2. The standard InChI is InChI=1S/C9H16O2/c1-4-9(11)5-7(2)8(3)6-10/h6-8H,4-5H2,1-3H3/i6T. The molecule has 2 nitrogen and oxygen atoms in total. The Labute approximate surface area is 69.4 Å². The molecule has 0 fully saturated rings. The van der Waals surface area contributed by atoms with E-state index in [1.807, 2.05) is 13.8 Å². The number of carbonyl (C=O) groups excluding carboxylic acids is 2. The molecule has 0 aliphatic rings. The minimum atomic E-state index is -0.577. The Balaban J connectivity index is 3.94. The molecule has 0 aliphatic heterocycles. The zero-order chi connectivity index (χ0) is 9.72. The molecule has 0 rings (SSSR count). The predicted octanol–water partition coefficient (Wildman–Crippen LogP) is 1.83. The van der Waals surface area contributed by atoms with Gasteiger partial charge in [-0.1, -0.05) is 20.8 Å². The second-order valence-electron chi connectivity index (χ2n) is 2.98. The first kappa shape index (κ1) is 8.44. The molecule has 64 valence electrons. The Kier molecular flexibility index (Phi) is 3.87. The van der Waals surface area contributed by atoms with Crippen LogP contribution < -0.4 is 0 Å². The van der Waals surface area contributed by atoms with Crippen molar-refractivity contribution < 1.29 is 11.0 Å². The van der Waals surface area contributed by atoms with Crippen molar-refractivity contribution in [1.29, 1.82) is 0 Å². The zero-order valence-electron chi connectivity index (χ0n) is 8.39. The van der Waals surface area contributed by atoms with Gasteiger partial charge in [-0.2, -0.15) is 0 Å². The molecule has 0 radical (unpaired) electrons. The van der Waals surface area contributed by atoms with E-state index in [0.29, 0.717) is 12.8 Å². The Morgan fingerprint density at radius 1 is 1.64 bits per heavy atom. The summed E-state index contributed by atoms with van der Waals surface area (Å²) in [5, 5.41) is 0. The van der Waals surface area contributed by atoms with Crippen molar-refractivity contribution in [3.05, 3.63) is 0 Å². The summed E-state index contributed by atoms with van der Waals surface area (Å²) < 4.78 is 6.87. The van der Waals surface area contributed by atoms with Crippen molar-refractivity contribution >= 4 is 12.0 Å².